The predicted molar refractivity (Wildman–Crippen MR) is 42.3 cm³/mol. The molecule has 0 heterocycles. The van der Waals surface area contributed by atoms with Gasteiger partial charge in [-0.3, -0.25) is 4.79 Å². The number of Topliss-reactive ketones (excluding diaryl/α,β-unsaturated/α-hetero) is 1. The lowest BCUT2D eigenvalue weighted by molar-refractivity contribution is -0.131. The van der Waals surface area contributed by atoms with E-state index in [9.17, 15) is 9.59 Å². The number of carboxylic acid groups (broad SMARTS) is 1. The summed E-state index contributed by atoms with van der Waals surface area (Å²) < 4.78 is 0. The van der Waals surface area contributed by atoms with Crippen LogP contribution in [-0.2, 0) is 9.59 Å². The van der Waals surface area contributed by atoms with Crippen molar-refractivity contribution in [1.82, 2.24) is 0 Å². The van der Waals surface area contributed by atoms with E-state index in [0.29, 0.717) is 5.33 Å². The van der Waals surface area contributed by atoms with Crippen molar-refractivity contribution in [3.05, 3.63) is 12.7 Å². The Bertz CT molecular complexity index is 131. The Balaban J connectivity index is 0. The minimum absolute atomic E-state index is 0.171. The Hall–Kier alpha value is -0.640. The number of rotatable bonds is 2. The molecule has 0 unspecified atom stereocenters. The molecule has 58 valence electrons. The van der Waals surface area contributed by atoms with Crippen molar-refractivity contribution in [1.29, 1.82) is 0 Å². The highest BCUT2D eigenvalue weighted by molar-refractivity contribution is 9.09. The van der Waals surface area contributed by atoms with E-state index in [4.69, 9.17) is 5.11 Å². The Kier molecular flexibility index (Phi) is 10.1. The number of carboxylic acids is 1. The highest BCUT2D eigenvalue weighted by Gasteiger charge is 1.78. The first-order chi connectivity index (χ1) is 4.54. The van der Waals surface area contributed by atoms with Crippen LogP contribution in [-0.4, -0.2) is 22.2 Å². The molecule has 0 aliphatic rings. The summed E-state index contributed by atoms with van der Waals surface area (Å²) in [6.45, 7) is 4.50. The van der Waals surface area contributed by atoms with E-state index in [-0.39, 0.29) is 5.78 Å². The van der Waals surface area contributed by atoms with E-state index in [1.807, 2.05) is 0 Å². The molecule has 0 spiro atoms. The van der Waals surface area contributed by atoms with Crippen LogP contribution in [0.3, 0.4) is 0 Å². The SMILES string of the molecule is C=CC(=O)O.CC(=O)CBr. The lowest BCUT2D eigenvalue weighted by Crippen LogP contribution is -1.85. The zero-order chi connectivity index (χ0) is 8.57. The van der Waals surface area contributed by atoms with Crippen LogP contribution < -0.4 is 0 Å². The van der Waals surface area contributed by atoms with Gasteiger partial charge in [0.2, 0.25) is 0 Å². The minimum Gasteiger partial charge on any atom is -0.478 e. The Morgan fingerprint density at radius 2 is 1.90 bits per heavy atom. The van der Waals surface area contributed by atoms with E-state index in [0.717, 1.165) is 6.08 Å². The molecule has 0 rings (SSSR count). The van der Waals surface area contributed by atoms with Gasteiger partial charge >= 0.3 is 5.97 Å². The summed E-state index contributed by atoms with van der Waals surface area (Å²) in [5.41, 5.74) is 0. The third-order valence-corrected chi connectivity index (χ3v) is 1.15. The molecule has 0 aliphatic carbocycles. The van der Waals surface area contributed by atoms with Crippen molar-refractivity contribution < 1.29 is 14.7 Å². The summed E-state index contributed by atoms with van der Waals surface area (Å²) in [6.07, 6.45) is 0.833. The smallest absolute Gasteiger partial charge is 0.327 e. The Morgan fingerprint density at radius 1 is 1.70 bits per heavy atom. The van der Waals surface area contributed by atoms with Gasteiger partial charge in [-0.25, -0.2) is 4.79 Å². The maximum Gasteiger partial charge on any atom is 0.327 e. The highest BCUT2D eigenvalue weighted by atomic mass is 79.9. The van der Waals surface area contributed by atoms with Crippen molar-refractivity contribution in [2.45, 2.75) is 6.92 Å². The summed E-state index contributed by atoms with van der Waals surface area (Å²) in [7, 11) is 0. The van der Waals surface area contributed by atoms with Crippen molar-refractivity contribution >= 4 is 27.7 Å². The van der Waals surface area contributed by atoms with Crippen molar-refractivity contribution in [2.24, 2.45) is 0 Å². The number of halogens is 1. The van der Waals surface area contributed by atoms with Gasteiger partial charge in [0.1, 0.15) is 5.78 Å². The van der Waals surface area contributed by atoms with E-state index < -0.39 is 5.97 Å². The number of alkyl halides is 1. The zero-order valence-electron chi connectivity index (χ0n) is 5.63. The zero-order valence-corrected chi connectivity index (χ0v) is 7.22. The fourth-order valence-electron chi connectivity index (χ4n) is 0. The fourth-order valence-corrected chi connectivity index (χ4v) is 0. The van der Waals surface area contributed by atoms with Crippen molar-refractivity contribution in [2.75, 3.05) is 5.33 Å². The van der Waals surface area contributed by atoms with Gasteiger partial charge in [0.25, 0.3) is 0 Å². The first-order valence-electron chi connectivity index (χ1n) is 2.45. The normalized spacial score (nSPS) is 7.00. The van der Waals surface area contributed by atoms with Gasteiger partial charge in [-0.05, 0) is 6.92 Å². The van der Waals surface area contributed by atoms with Crippen LogP contribution in [0.4, 0.5) is 0 Å². The van der Waals surface area contributed by atoms with Crippen LogP contribution in [0.15, 0.2) is 12.7 Å². The molecule has 0 bridgehead atoms. The first kappa shape index (κ1) is 12.1. The monoisotopic (exact) mass is 208 g/mol. The second-order valence-corrected chi connectivity index (χ2v) is 1.94. The number of ketones is 1. The quantitative estimate of drug-likeness (QED) is 0.549. The molecule has 0 atom stereocenters. The van der Waals surface area contributed by atoms with Gasteiger partial charge < -0.3 is 5.11 Å². The molecular formula is C6H9BrO3. The highest BCUT2D eigenvalue weighted by Crippen LogP contribution is 1.76. The first-order valence-corrected chi connectivity index (χ1v) is 3.57. The van der Waals surface area contributed by atoms with E-state index in [2.05, 4.69) is 22.5 Å². The summed E-state index contributed by atoms with van der Waals surface area (Å²) in [6, 6.07) is 0. The average Bonchev–Trinajstić information content (AvgIpc) is 1.89. The lowest BCUT2D eigenvalue weighted by Gasteiger charge is -1.69. The minimum atomic E-state index is -0.981. The van der Waals surface area contributed by atoms with Crippen molar-refractivity contribution in [3.63, 3.8) is 0 Å². The molecule has 1 N–H and O–H groups in total. The molecule has 0 aromatic carbocycles. The van der Waals surface area contributed by atoms with E-state index in [1.54, 1.807) is 0 Å². The van der Waals surface area contributed by atoms with Crippen LogP contribution in [0.2, 0.25) is 0 Å². The summed E-state index contributed by atoms with van der Waals surface area (Å²) >= 11 is 2.96. The van der Waals surface area contributed by atoms with Crippen molar-refractivity contribution in [3.8, 4) is 0 Å². The number of carbonyl (C=O) groups excluding carboxylic acids is 1. The van der Waals surface area contributed by atoms with Crippen LogP contribution >= 0.6 is 15.9 Å². The number of carbonyl (C=O) groups is 2. The number of hydrogen-bond donors (Lipinski definition) is 1. The fraction of sp³-hybridized carbons (Fsp3) is 0.333. The van der Waals surface area contributed by atoms with Crippen LogP contribution in [0.25, 0.3) is 0 Å². The van der Waals surface area contributed by atoms with Crippen LogP contribution in [0.5, 0.6) is 0 Å². The maximum atomic E-state index is 9.77. The standard InChI is InChI=1S/C3H5BrO.C3H4O2/c1-3(5)2-4;1-2-3(4)5/h2H2,1H3;2H,1H2,(H,4,5). The predicted octanol–water partition coefficient (Wildman–Crippen LogP) is 1.23. The topological polar surface area (TPSA) is 54.4 Å². The molecule has 0 saturated heterocycles. The number of aliphatic carboxylic acids is 1. The molecule has 0 amide bonds. The molecule has 3 nitrogen and oxygen atoms in total. The average molecular weight is 209 g/mol. The Labute approximate surface area is 67.9 Å². The number of hydrogen-bond acceptors (Lipinski definition) is 2. The Morgan fingerprint density at radius 3 is 1.90 bits per heavy atom. The summed E-state index contributed by atoms with van der Waals surface area (Å²) in [5, 5.41) is 8.08. The molecule has 4 heteroatoms. The summed E-state index contributed by atoms with van der Waals surface area (Å²) in [5.74, 6) is -0.810. The second kappa shape index (κ2) is 8.36. The van der Waals surface area contributed by atoms with Gasteiger partial charge in [-0.15, -0.1) is 0 Å². The maximum absolute atomic E-state index is 9.77. The molecule has 0 radical (unpaired) electrons. The molecule has 0 saturated carbocycles. The van der Waals surface area contributed by atoms with Gasteiger partial charge in [0.15, 0.2) is 0 Å². The third-order valence-electron chi connectivity index (χ3n) is 0.363. The van der Waals surface area contributed by atoms with Gasteiger partial charge in [-0.1, -0.05) is 22.5 Å². The third kappa shape index (κ3) is 26.4. The molecule has 0 aromatic rings. The molecule has 0 fully saturated rings. The molecular weight excluding hydrogens is 200 g/mol. The second-order valence-electron chi connectivity index (χ2n) is 1.38. The largest absolute Gasteiger partial charge is 0.478 e. The molecule has 10 heavy (non-hydrogen) atoms. The van der Waals surface area contributed by atoms with Gasteiger partial charge in [0.05, 0.1) is 5.33 Å². The van der Waals surface area contributed by atoms with Crippen LogP contribution in [0.1, 0.15) is 6.92 Å². The van der Waals surface area contributed by atoms with E-state index >= 15 is 0 Å². The molecule has 0 aliphatic heterocycles. The van der Waals surface area contributed by atoms with Gasteiger partial charge in [-0.2, -0.15) is 0 Å². The van der Waals surface area contributed by atoms with E-state index in [1.165, 1.54) is 6.92 Å². The lowest BCUT2D eigenvalue weighted by atomic mass is 10.5. The van der Waals surface area contributed by atoms with Crippen LogP contribution in [0, 0.1) is 0 Å². The van der Waals surface area contributed by atoms with Gasteiger partial charge in [0, 0.05) is 6.08 Å². The summed E-state index contributed by atoms with van der Waals surface area (Å²) in [4.78, 5) is 19.0. The molecule has 0 aromatic heterocycles.